The van der Waals surface area contributed by atoms with Gasteiger partial charge in [-0.3, -0.25) is 9.69 Å². The van der Waals surface area contributed by atoms with Gasteiger partial charge in [0.05, 0.1) is 13.7 Å². The lowest BCUT2D eigenvalue weighted by molar-refractivity contribution is -0.126. The third-order valence-electron chi connectivity index (χ3n) is 3.31. The first kappa shape index (κ1) is 14.5. The minimum Gasteiger partial charge on any atom is -0.463 e. The van der Waals surface area contributed by atoms with Crippen LogP contribution in [0.5, 0.6) is 0 Å². The second-order valence-corrected chi connectivity index (χ2v) is 4.56. The Morgan fingerprint density at radius 2 is 2.35 bits per heavy atom. The molecule has 0 radical (unpaired) electrons. The lowest BCUT2D eigenvalue weighted by Crippen LogP contribution is -2.56. The maximum absolute atomic E-state index is 11.8. The molecule has 0 saturated carbocycles. The number of esters is 1. The zero-order valence-electron chi connectivity index (χ0n) is 11.6. The fraction of sp³-hybridized carbons (Fsp3) is 0.538. The maximum atomic E-state index is 11.8. The molecule has 1 aliphatic rings. The lowest BCUT2D eigenvalue weighted by Gasteiger charge is -2.34. The molecule has 110 valence electrons. The summed E-state index contributed by atoms with van der Waals surface area (Å²) < 4.78 is 10.0. The summed E-state index contributed by atoms with van der Waals surface area (Å²) in [4.78, 5) is 25.2. The number of carbonyl (C=O) groups is 2. The number of furan rings is 1. The van der Waals surface area contributed by atoms with Crippen molar-refractivity contribution in [3.8, 4) is 0 Å². The number of nitrogens with zero attached hydrogens (tertiary/aromatic N) is 1. The molecule has 1 unspecified atom stereocenters. The molecule has 1 aromatic heterocycles. The van der Waals surface area contributed by atoms with Gasteiger partial charge >= 0.3 is 5.97 Å². The van der Waals surface area contributed by atoms with Crippen molar-refractivity contribution < 1.29 is 18.7 Å². The van der Waals surface area contributed by atoms with E-state index in [1.54, 1.807) is 19.2 Å². The Labute approximate surface area is 117 Å². The molecule has 2 heterocycles. The topological polar surface area (TPSA) is 83.8 Å². The van der Waals surface area contributed by atoms with Gasteiger partial charge in [-0.2, -0.15) is 0 Å². The first-order valence-corrected chi connectivity index (χ1v) is 6.49. The lowest BCUT2D eigenvalue weighted by atomic mass is 10.1. The van der Waals surface area contributed by atoms with Crippen LogP contribution in [-0.4, -0.2) is 56.6 Å². The van der Waals surface area contributed by atoms with E-state index in [-0.39, 0.29) is 17.7 Å². The predicted octanol–water partition coefficient (Wildman–Crippen LogP) is -0.414. The van der Waals surface area contributed by atoms with Crippen LogP contribution in [0.4, 0.5) is 0 Å². The van der Waals surface area contributed by atoms with E-state index in [9.17, 15) is 9.59 Å². The second-order valence-electron chi connectivity index (χ2n) is 4.56. The number of rotatable bonds is 4. The van der Waals surface area contributed by atoms with Crippen molar-refractivity contribution in [2.45, 2.75) is 12.6 Å². The van der Waals surface area contributed by atoms with Crippen molar-refractivity contribution >= 4 is 11.9 Å². The van der Waals surface area contributed by atoms with E-state index in [0.29, 0.717) is 18.8 Å². The summed E-state index contributed by atoms with van der Waals surface area (Å²) in [6, 6.07) is 3.08. The minimum atomic E-state index is -0.501. The van der Waals surface area contributed by atoms with Crippen LogP contribution in [0.2, 0.25) is 0 Å². The van der Waals surface area contributed by atoms with Gasteiger partial charge in [0.1, 0.15) is 11.8 Å². The molecule has 2 N–H and O–H groups in total. The summed E-state index contributed by atoms with van der Waals surface area (Å²) in [5.74, 6) is 0.284. The number of likely N-dealkylation sites (N-methyl/N-ethyl adjacent to an activating group) is 1. The Morgan fingerprint density at radius 1 is 1.55 bits per heavy atom. The number of hydrogen-bond acceptors (Lipinski definition) is 6. The van der Waals surface area contributed by atoms with Crippen LogP contribution in [0.15, 0.2) is 16.5 Å². The highest BCUT2D eigenvalue weighted by Crippen LogP contribution is 2.14. The molecular weight excluding hydrogens is 262 g/mol. The predicted molar refractivity (Wildman–Crippen MR) is 71.2 cm³/mol. The zero-order valence-corrected chi connectivity index (χ0v) is 11.6. The number of nitrogens with one attached hydrogen (secondary N) is 2. The third kappa shape index (κ3) is 3.17. The van der Waals surface area contributed by atoms with Gasteiger partial charge in [-0.1, -0.05) is 0 Å². The first-order chi connectivity index (χ1) is 9.65. The number of amides is 1. The Morgan fingerprint density at radius 3 is 3.05 bits per heavy atom. The summed E-state index contributed by atoms with van der Waals surface area (Å²) >= 11 is 0. The van der Waals surface area contributed by atoms with Gasteiger partial charge in [-0.15, -0.1) is 0 Å². The fourth-order valence-electron chi connectivity index (χ4n) is 2.23. The second kappa shape index (κ2) is 6.53. The molecule has 20 heavy (non-hydrogen) atoms. The average molecular weight is 281 g/mol. The molecule has 0 bridgehead atoms. The molecule has 0 spiro atoms. The maximum Gasteiger partial charge on any atom is 0.373 e. The Hall–Kier alpha value is -1.86. The highest BCUT2D eigenvalue weighted by Gasteiger charge is 2.28. The van der Waals surface area contributed by atoms with Crippen molar-refractivity contribution in [3.63, 3.8) is 0 Å². The van der Waals surface area contributed by atoms with Gasteiger partial charge in [-0.05, 0) is 12.1 Å². The summed E-state index contributed by atoms with van der Waals surface area (Å²) in [5, 5.41) is 5.85. The van der Waals surface area contributed by atoms with Crippen molar-refractivity contribution in [1.82, 2.24) is 15.5 Å². The van der Waals surface area contributed by atoms with Gasteiger partial charge in [-0.25, -0.2) is 4.79 Å². The molecule has 1 amide bonds. The standard InChI is InChI=1S/C13H19N3O4/c1-14-12(17)10-7-15-5-6-16(10)8-9-3-4-11(20-9)13(18)19-2/h3-4,10,15H,5-8H2,1-2H3,(H,14,17). The molecule has 1 aliphatic heterocycles. The van der Waals surface area contributed by atoms with Gasteiger partial charge < -0.3 is 19.8 Å². The van der Waals surface area contributed by atoms with Crippen LogP contribution in [0.3, 0.4) is 0 Å². The van der Waals surface area contributed by atoms with Crippen molar-refractivity contribution in [2.75, 3.05) is 33.8 Å². The van der Waals surface area contributed by atoms with E-state index in [2.05, 4.69) is 15.4 Å². The van der Waals surface area contributed by atoms with Gasteiger partial charge in [0.2, 0.25) is 11.7 Å². The van der Waals surface area contributed by atoms with Crippen molar-refractivity contribution in [1.29, 1.82) is 0 Å². The van der Waals surface area contributed by atoms with Crippen LogP contribution >= 0.6 is 0 Å². The van der Waals surface area contributed by atoms with Crippen molar-refractivity contribution in [3.05, 3.63) is 23.7 Å². The number of carbonyl (C=O) groups excluding carboxylic acids is 2. The van der Waals surface area contributed by atoms with Gasteiger partial charge in [0.15, 0.2) is 0 Å². The molecule has 0 aromatic carbocycles. The van der Waals surface area contributed by atoms with E-state index in [4.69, 9.17) is 4.42 Å². The molecule has 2 rings (SSSR count). The molecule has 7 heteroatoms. The smallest absolute Gasteiger partial charge is 0.373 e. The molecule has 1 saturated heterocycles. The summed E-state index contributed by atoms with van der Waals surface area (Å²) in [6.07, 6.45) is 0. The molecule has 1 aromatic rings. The molecule has 1 fully saturated rings. The Bertz CT molecular complexity index is 486. The first-order valence-electron chi connectivity index (χ1n) is 6.49. The molecular formula is C13H19N3O4. The summed E-state index contributed by atoms with van der Waals surface area (Å²) in [7, 11) is 2.93. The highest BCUT2D eigenvalue weighted by molar-refractivity contribution is 5.86. The molecule has 1 atom stereocenters. The number of ether oxygens (including phenoxy) is 1. The minimum absolute atomic E-state index is 0.0306. The number of methoxy groups -OCH3 is 1. The van der Waals surface area contributed by atoms with Gasteiger partial charge in [0, 0.05) is 26.7 Å². The number of piperazine rings is 1. The molecule has 7 nitrogen and oxygen atoms in total. The third-order valence-corrected chi connectivity index (χ3v) is 3.31. The van der Waals surface area contributed by atoms with Gasteiger partial charge in [0.25, 0.3) is 0 Å². The summed E-state index contributed by atoms with van der Waals surface area (Å²) in [5.41, 5.74) is 0. The van der Waals surface area contributed by atoms with Crippen molar-refractivity contribution in [2.24, 2.45) is 0 Å². The van der Waals surface area contributed by atoms with E-state index in [1.807, 2.05) is 4.90 Å². The van der Waals surface area contributed by atoms with Crippen LogP contribution in [0.25, 0.3) is 0 Å². The Kier molecular flexibility index (Phi) is 4.75. The van der Waals surface area contributed by atoms with E-state index in [0.717, 1.165) is 13.1 Å². The molecule has 0 aliphatic carbocycles. The van der Waals surface area contributed by atoms with Crippen LogP contribution < -0.4 is 10.6 Å². The summed E-state index contributed by atoms with van der Waals surface area (Å²) in [6.45, 7) is 2.64. The number of hydrogen-bond donors (Lipinski definition) is 2. The highest BCUT2D eigenvalue weighted by atomic mass is 16.5. The van der Waals surface area contributed by atoms with E-state index < -0.39 is 5.97 Å². The quantitative estimate of drug-likeness (QED) is 0.730. The average Bonchev–Trinajstić information content (AvgIpc) is 2.94. The fourth-order valence-corrected chi connectivity index (χ4v) is 2.23. The monoisotopic (exact) mass is 281 g/mol. The van der Waals surface area contributed by atoms with Crippen LogP contribution in [0.1, 0.15) is 16.3 Å². The Balaban J connectivity index is 2.05. The van der Waals surface area contributed by atoms with Crippen LogP contribution in [0, 0.1) is 0 Å². The van der Waals surface area contributed by atoms with Crippen LogP contribution in [-0.2, 0) is 16.1 Å². The largest absolute Gasteiger partial charge is 0.463 e. The van der Waals surface area contributed by atoms with E-state index >= 15 is 0 Å². The van der Waals surface area contributed by atoms with E-state index in [1.165, 1.54) is 7.11 Å². The normalized spacial score (nSPS) is 19.6. The zero-order chi connectivity index (χ0) is 14.5. The SMILES string of the molecule is CNC(=O)C1CNCCN1Cc1ccc(C(=O)OC)o1.